The summed E-state index contributed by atoms with van der Waals surface area (Å²) in [4.78, 5) is 10.8. The van der Waals surface area contributed by atoms with E-state index in [0.717, 1.165) is 25.5 Å². The molecule has 0 radical (unpaired) electrons. The van der Waals surface area contributed by atoms with Gasteiger partial charge < -0.3 is 9.64 Å². The van der Waals surface area contributed by atoms with E-state index in [9.17, 15) is 0 Å². The van der Waals surface area contributed by atoms with Gasteiger partial charge in [0.2, 0.25) is 5.88 Å². The standard InChI is InChI=1S/C13H22ClN3O/c1-5-17(6-2)7-8-18-12-9-11(14)15-13(16-12)10(3)4/h9-10H,5-8H2,1-4H3. The van der Waals surface area contributed by atoms with Crippen LogP contribution in [0.25, 0.3) is 0 Å². The van der Waals surface area contributed by atoms with E-state index in [-0.39, 0.29) is 5.92 Å². The number of ether oxygens (including phenoxy) is 1. The Morgan fingerprint density at radius 2 is 1.94 bits per heavy atom. The number of hydrogen-bond acceptors (Lipinski definition) is 4. The molecule has 0 saturated carbocycles. The van der Waals surface area contributed by atoms with Gasteiger partial charge in [-0.25, -0.2) is 4.98 Å². The molecule has 0 aliphatic heterocycles. The first-order valence-electron chi connectivity index (χ1n) is 6.46. The topological polar surface area (TPSA) is 38.2 Å². The van der Waals surface area contributed by atoms with E-state index in [1.807, 2.05) is 13.8 Å². The van der Waals surface area contributed by atoms with Crippen molar-refractivity contribution in [1.29, 1.82) is 0 Å². The highest BCUT2D eigenvalue weighted by Crippen LogP contribution is 2.18. The summed E-state index contributed by atoms with van der Waals surface area (Å²) in [7, 11) is 0. The molecule has 0 aliphatic carbocycles. The van der Waals surface area contributed by atoms with Crippen molar-refractivity contribution in [1.82, 2.24) is 14.9 Å². The quantitative estimate of drug-likeness (QED) is 0.715. The second-order valence-corrected chi connectivity index (χ2v) is 4.80. The van der Waals surface area contributed by atoms with Crippen LogP contribution in [0.5, 0.6) is 5.88 Å². The van der Waals surface area contributed by atoms with Gasteiger partial charge in [-0.3, -0.25) is 0 Å². The van der Waals surface area contributed by atoms with Crippen molar-refractivity contribution in [2.24, 2.45) is 0 Å². The fourth-order valence-electron chi connectivity index (χ4n) is 1.57. The summed E-state index contributed by atoms with van der Waals surface area (Å²) in [6.07, 6.45) is 0. The van der Waals surface area contributed by atoms with Crippen LogP contribution in [0.3, 0.4) is 0 Å². The van der Waals surface area contributed by atoms with Crippen LogP contribution in [0, 0.1) is 0 Å². The largest absolute Gasteiger partial charge is 0.476 e. The van der Waals surface area contributed by atoms with Crippen LogP contribution in [0.15, 0.2) is 6.07 Å². The van der Waals surface area contributed by atoms with Crippen LogP contribution in [-0.2, 0) is 0 Å². The summed E-state index contributed by atoms with van der Waals surface area (Å²) in [5.41, 5.74) is 0. The molecule has 0 aliphatic rings. The summed E-state index contributed by atoms with van der Waals surface area (Å²) in [5, 5.41) is 0.437. The summed E-state index contributed by atoms with van der Waals surface area (Å²) < 4.78 is 5.63. The Labute approximate surface area is 114 Å². The molecule has 0 atom stereocenters. The highest BCUT2D eigenvalue weighted by atomic mass is 35.5. The van der Waals surface area contributed by atoms with Gasteiger partial charge in [0, 0.05) is 18.5 Å². The highest BCUT2D eigenvalue weighted by Gasteiger charge is 2.08. The van der Waals surface area contributed by atoms with Gasteiger partial charge in [0.1, 0.15) is 17.6 Å². The Morgan fingerprint density at radius 1 is 1.28 bits per heavy atom. The monoisotopic (exact) mass is 271 g/mol. The molecule has 0 saturated heterocycles. The lowest BCUT2D eigenvalue weighted by Crippen LogP contribution is -2.28. The molecule has 0 N–H and O–H groups in total. The van der Waals surface area contributed by atoms with Gasteiger partial charge in [0.05, 0.1) is 0 Å². The van der Waals surface area contributed by atoms with Crippen LogP contribution in [-0.4, -0.2) is 41.1 Å². The normalized spacial score (nSPS) is 11.3. The van der Waals surface area contributed by atoms with Crippen molar-refractivity contribution in [3.63, 3.8) is 0 Å². The molecule has 5 heteroatoms. The van der Waals surface area contributed by atoms with Gasteiger partial charge in [-0.2, -0.15) is 4.98 Å². The Balaban J connectivity index is 2.56. The molecule has 0 spiro atoms. The molecule has 0 unspecified atom stereocenters. The fraction of sp³-hybridized carbons (Fsp3) is 0.692. The minimum Gasteiger partial charge on any atom is -0.476 e. The van der Waals surface area contributed by atoms with Crippen molar-refractivity contribution in [2.45, 2.75) is 33.6 Å². The lowest BCUT2D eigenvalue weighted by Gasteiger charge is -2.18. The van der Waals surface area contributed by atoms with E-state index in [1.54, 1.807) is 6.07 Å². The van der Waals surface area contributed by atoms with Gasteiger partial charge in [0.25, 0.3) is 0 Å². The second-order valence-electron chi connectivity index (χ2n) is 4.42. The maximum atomic E-state index is 5.95. The van der Waals surface area contributed by atoms with Crippen molar-refractivity contribution >= 4 is 11.6 Å². The Kier molecular flexibility index (Phi) is 6.36. The van der Waals surface area contributed by atoms with Crippen molar-refractivity contribution < 1.29 is 4.74 Å². The Hall–Kier alpha value is -0.870. The third-order valence-electron chi connectivity index (χ3n) is 2.76. The van der Waals surface area contributed by atoms with Crippen LogP contribution in [0.1, 0.15) is 39.4 Å². The molecular weight excluding hydrogens is 250 g/mol. The molecule has 102 valence electrons. The van der Waals surface area contributed by atoms with Crippen molar-refractivity contribution in [2.75, 3.05) is 26.2 Å². The van der Waals surface area contributed by atoms with Crippen molar-refractivity contribution in [3.05, 3.63) is 17.0 Å². The van der Waals surface area contributed by atoms with Gasteiger partial charge in [-0.05, 0) is 13.1 Å². The minimum atomic E-state index is 0.244. The minimum absolute atomic E-state index is 0.244. The summed E-state index contributed by atoms with van der Waals surface area (Å²) in [6, 6.07) is 1.66. The molecule has 1 aromatic heterocycles. The molecule has 0 amide bonds. The molecule has 0 bridgehead atoms. The highest BCUT2D eigenvalue weighted by molar-refractivity contribution is 6.29. The van der Waals surface area contributed by atoms with E-state index in [1.165, 1.54) is 0 Å². The Morgan fingerprint density at radius 3 is 2.50 bits per heavy atom. The molecule has 0 aromatic carbocycles. The Bertz CT molecular complexity index is 367. The molecule has 4 nitrogen and oxygen atoms in total. The smallest absolute Gasteiger partial charge is 0.218 e. The fourth-order valence-corrected chi connectivity index (χ4v) is 1.74. The average molecular weight is 272 g/mol. The van der Waals surface area contributed by atoms with Crippen LogP contribution < -0.4 is 4.74 Å². The summed E-state index contributed by atoms with van der Waals surface area (Å²) in [5.74, 6) is 1.53. The van der Waals surface area contributed by atoms with Gasteiger partial charge in [0.15, 0.2) is 0 Å². The van der Waals surface area contributed by atoms with Gasteiger partial charge in [-0.1, -0.05) is 39.3 Å². The predicted molar refractivity (Wildman–Crippen MR) is 74.4 cm³/mol. The van der Waals surface area contributed by atoms with E-state index < -0.39 is 0 Å². The van der Waals surface area contributed by atoms with Crippen LogP contribution in [0.2, 0.25) is 5.15 Å². The first-order chi connectivity index (χ1) is 8.56. The lowest BCUT2D eigenvalue weighted by atomic mass is 10.2. The third-order valence-corrected chi connectivity index (χ3v) is 2.95. The summed E-state index contributed by atoms with van der Waals surface area (Å²) in [6.45, 7) is 11.9. The van der Waals surface area contributed by atoms with Gasteiger partial charge >= 0.3 is 0 Å². The zero-order chi connectivity index (χ0) is 13.5. The first-order valence-corrected chi connectivity index (χ1v) is 6.84. The van der Waals surface area contributed by atoms with Gasteiger partial charge in [-0.15, -0.1) is 0 Å². The zero-order valence-corrected chi connectivity index (χ0v) is 12.4. The number of hydrogen-bond donors (Lipinski definition) is 0. The van der Waals surface area contributed by atoms with Crippen molar-refractivity contribution in [3.8, 4) is 5.88 Å². The van der Waals surface area contributed by atoms with E-state index >= 15 is 0 Å². The first kappa shape index (κ1) is 15.2. The lowest BCUT2D eigenvalue weighted by molar-refractivity contribution is 0.217. The second kappa shape index (κ2) is 7.54. The molecule has 1 aromatic rings. The molecule has 1 rings (SSSR count). The van der Waals surface area contributed by atoms with E-state index in [0.29, 0.717) is 17.6 Å². The maximum Gasteiger partial charge on any atom is 0.218 e. The molecule has 1 heterocycles. The number of aromatic nitrogens is 2. The molecule has 0 fully saturated rings. The summed E-state index contributed by atoms with van der Waals surface area (Å²) >= 11 is 5.95. The molecular formula is C13H22ClN3O. The number of likely N-dealkylation sites (N-methyl/N-ethyl adjacent to an activating group) is 1. The average Bonchev–Trinajstić information content (AvgIpc) is 2.34. The molecule has 18 heavy (non-hydrogen) atoms. The number of rotatable bonds is 7. The number of nitrogens with zero attached hydrogens (tertiary/aromatic N) is 3. The predicted octanol–water partition coefficient (Wildman–Crippen LogP) is 2.97. The van der Waals surface area contributed by atoms with E-state index in [4.69, 9.17) is 16.3 Å². The third kappa shape index (κ3) is 4.78. The van der Waals surface area contributed by atoms with Crippen LogP contribution in [0.4, 0.5) is 0 Å². The zero-order valence-electron chi connectivity index (χ0n) is 11.6. The van der Waals surface area contributed by atoms with Crippen LogP contribution >= 0.6 is 11.6 Å². The van der Waals surface area contributed by atoms with E-state index in [2.05, 4.69) is 28.7 Å². The maximum absolute atomic E-state index is 5.95. The number of halogens is 1. The SMILES string of the molecule is CCN(CC)CCOc1cc(Cl)nc(C(C)C)n1.